The Morgan fingerprint density at radius 2 is 2.47 bits per heavy atom. The molecule has 0 amide bonds. The van der Waals surface area contributed by atoms with Crippen LogP contribution in [-0.2, 0) is 17.6 Å². The third kappa shape index (κ3) is 4.90. The number of aryl methyl sites for hydroxylation is 1. The predicted octanol–water partition coefficient (Wildman–Crippen LogP) is 1.44. The van der Waals surface area contributed by atoms with Gasteiger partial charge in [-0.05, 0) is 19.8 Å². The van der Waals surface area contributed by atoms with E-state index < -0.39 is 5.97 Å². The van der Waals surface area contributed by atoms with E-state index in [1.807, 2.05) is 13.1 Å². The lowest BCUT2D eigenvalue weighted by Gasteiger charge is -1.98. The number of aromatic nitrogens is 1. The molecule has 0 bridgehead atoms. The number of thiazole rings is 1. The van der Waals surface area contributed by atoms with Crippen LogP contribution in [0.1, 0.15) is 29.7 Å². The molecule has 1 aromatic rings. The maximum Gasteiger partial charge on any atom is 0.303 e. The number of carboxylic acid groups (broad SMARTS) is 1. The van der Waals surface area contributed by atoms with Crippen LogP contribution in [0.3, 0.4) is 0 Å². The SMILES string of the molecule is CC(N)Cc1ncc(CCCC(=O)O)s1. The van der Waals surface area contributed by atoms with Crippen molar-refractivity contribution >= 4 is 17.3 Å². The topological polar surface area (TPSA) is 76.2 Å². The van der Waals surface area contributed by atoms with Gasteiger partial charge in [0.1, 0.15) is 0 Å². The summed E-state index contributed by atoms with van der Waals surface area (Å²) in [4.78, 5) is 15.7. The number of rotatable bonds is 6. The van der Waals surface area contributed by atoms with Crippen LogP contribution in [0.15, 0.2) is 6.20 Å². The maximum absolute atomic E-state index is 10.3. The van der Waals surface area contributed by atoms with Gasteiger partial charge < -0.3 is 10.8 Å². The van der Waals surface area contributed by atoms with Gasteiger partial charge in [0, 0.05) is 30.0 Å². The summed E-state index contributed by atoms with van der Waals surface area (Å²) in [6, 6.07) is 0.128. The third-order valence-corrected chi connectivity index (χ3v) is 2.99. The van der Waals surface area contributed by atoms with Crippen molar-refractivity contribution < 1.29 is 9.90 Å². The number of hydrogen-bond acceptors (Lipinski definition) is 4. The second-order valence-corrected chi connectivity index (χ2v) is 4.85. The van der Waals surface area contributed by atoms with Crippen LogP contribution in [0.2, 0.25) is 0 Å². The van der Waals surface area contributed by atoms with Crippen molar-refractivity contribution in [2.75, 3.05) is 0 Å². The number of carboxylic acids is 1. The number of nitrogens with zero attached hydrogens (tertiary/aromatic N) is 1. The van der Waals surface area contributed by atoms with E-state index in [0.29, 0.717) is 6.42 Å². The molecule has 15 heavy (non-hydrogen) atoms. The normalized spacial score (nSPS) is 12.7. The Morgan fingerprint density at radius 3 is 3.07 bits per heavy atom. The molecule has 5 heteroatoms. The van der Waals surface area contributed by atoms with Crippen LogP contribution in [-0.4, -0.2) is 22.1 Å². The monoisotopic (exact) mass is 228 g/mol. The first-order valence-electron chi connectivity index (χ1n) is 4.99. The average molecular weight is 228 g/mol. The molecule has 0 spiro atoms. The fourth-order valence-corrected chi connectivity index (χ4v) is 2.35. The Labute approximate surface area is 93.1 Å². The van der Waals surface area contributed by atoms with Gasteiger partial charge in [-0.15, -0.1) is 11.3 Å². The first kappa shape index (κ1) is 12.1. The van der Waals surface area contributed by atoms with Gasteiger partial charge in [-0.25, -0.2) is 4.98 Å². The smallest absolute Gasteiger partial charge is 0.303 e. The molecular formula is C10H16N2O2S. The van der Waals surface area contributed by atoms with E-state index in [1.165, 1.54) is 0 Å². The highest BCUT2D eigenvalue weighted by Gasteiger charge is 2.05. The van der Waals surface area contributed by atoms with E-state index in [9.17, 15) is 4.79 Å². The maximum atomic E-state index is 10.3. The number of hydrogen-bond donors (Lipinski definition) is 2. The van der Waals surface area contributed by atoms with Gasteiger partial charge >= 0.3 is 5.97 Å². The molecule has 1 atom stereocenters. The molecule has 0 radical (unpaired) electrons. The predicted molar refractivity (Wildman–Crippen MR) is 60.0 cm³/mol. The minimum Gasteiger partial charge on any atom is -0.481 e. The molecule has 0 fully saturated rings. The van der Waals surface area contributed by atoms with Crippen LogP contribution < -0.4 is 5.73 Å². The summed E-state index contributed by atoms with van der Waals surface area (Å²) < 4.78 is 0. The summed E-state index contributed by atoms with van der Waals surface area (Å²) in [5.41, 5.74) is 5.66. The number of aliphatic carboxylic acids is 1. The molecule has 1 heterocycles. The molecule has 0 aromatic carbocycles. The number of nitrogens with two attached hydrogens (primary N) is 1. The molecule has 3 N–H and O–H groups in total. The first-order chi connectivity index (χ1) is 7.08. The molecule has 0 aliphatic rings. The fourth-order valence-electron chi connectivity index (χ4n) is 1.25. The van der Waals surface area contributed by atoms with E-state index >= 15 is 0 Å². The molecule has 0 aliphatic heterocycles. The summed E-state index contributed by atoms with van der Waals surface area (Å²) in [5, 5.41) is 9.52. The Kier molecular flexibility index (Phi) is 4.71. The van der Waals surface area contributed by atoms with Crippen molar-refractivity contribution in [1.82, 2.24) is 4.98 Å². The van der Waals surface area contributed by atoms with Crippen molar-refractivity contribution in [1.29, 1.82) is 0 Å². The molecular weight excluding hydrogens is 212 g/mol. The highest BCUT2D eigenvalue weighted by atomic mass is 32.1. The van der Waals surface area contributed by atoms with E-state index in [4.69, 9.17) is 10.8 Å². The van der Waals surface area contributed by atoms with Crippen LogP contribution in [0.4, 0.5) is 0 Å². The standard InChI is InChI=1S/C10H16N2O2S/c1-7(11)5-9-12-6-8(15-9)3-2-4-10(13)14/h6-7H,2-5,11H2,1H3,(H,13,14). The minimum atomic E-state index is -0.740. The Balaban J connectivity index is 2.36. The first-order valence-corrected chi connectivity index (χ1v) is 5.80. The number of carbonyl (C=O) groups is 1. The quantitative estimate of drug-likeness (QED) is 0.772. The van der Waals surface area contributed by atoms with Crippen molar-refractivity contribution in [2.24, 2.45) is 5.73 Å². The van der Waals surface area contributed by atoms with Crippen molar-refractivity contribution in [3.8, 4) is 0 Å². The Morgan fingerprint density at radius 1 is 1.73 bits per heavy atom. The Hall–Kier alpha value is -0.940. The van der Waals surface area contributed by atoms with E-state index in [2.05, 4.69) is 4.98 Å². The highest BCUT2D eigenvalue weighted by Crippen LogP contribution is 2.16. The zero-order valence-corrected chi connectivity index (χ0v) is 9.59. The summed E-state index contributed by atoms with van der Waals surface area (Å²) in [5.74, 6) is -0.740. The molecule has 1 aromatic heterocycles. The van der Waals surface area contributed by atoms with Gasteiger partial charge in [0.2, 0.25) is 0 Å². The van der Waals surface area contributed by atoms with Crippen LogP contribution >= 0.6 is 11.3 Å². The van der Waals surface area contributed by atoms with Gasteiger partial charge in [-0.1, -0.05) is 0 Å². The minimum absolute atomic E-state index is 0.128. The van der Waals surface area contributed by atoms with E-state index in [0.717, 1.165) is 22.7 Å². The summed E-state index contributed by atoms with van der Waals surface area (Å²) >= 11 is 1.63. The highest BCUT2D eigenvalue weighted by molar-refractivity contribution is 7.11. The fraction of sp³-hybridized carbons (Fsp3) is 0.600. The van der Waals surface area contributed by atoms with Crippen LogP contribution in [0.25, 0.3) is 0 Å². The average Bonchev–Trinajstić information content (AvgIpc) is 2.50. The van der Waals surface area contributed by atoms with Gasteiger partial charge in [0.25, 0.3) is 0 Å². The molecule has 4 nitrogen and oxygen atoms in total. The zero-order chi connectivity index (χ0) is 11.3. The van der Waals surface area contributed by atoms with Gasteiger partial charge in [0.05, 0.1) is 5.01 Å². The van der Waals surface area contributed by atoms with Crippen molar-refractivity contribution in [2.45, 2.75) is 38.6 Å². The molecule has 0 saturated carbocycles. The largest absolute Gasteiger partial charge is 0.481 e. The third-order valence-electron chi connectivity index (χ3n) is 1.91. The van der Waals surface area contributed by atoms with Crippen LogP contribution in [0.5, 0.6) is 0 Å². The van der Waals surface area contributed by atoms with Crippen LogP contribution in [0, 0.1) is 0 Å². The molecule has 1 rings (SSSR count). The summed E-state index contributed by atoms with van der Waals surface area (Å²) in [6.07, 6.45) is 4.31. The van der Waals surface area contributed by atoms with Crippen molar-refractivity contribution in [3.05, 3.63) is 16.1 Å². The second-order valence-electron chi connectivity index (χ2n) is 3.65. The van der Waals surface area contributed by atoms with E-state index in [1.54, 1.807) is 11.3 Å². The molecule has 0 aliphatic carbocycles. The molecule has 1 unspecified atom stereocenters. The lowest BCUT2D eigenvalue weighted by Crippen LogP contribution is -2.17. The lowest BCUT2D eigenvalue weighted by atomic mass is 10.2. The van der Waals surface area contributed by atoms with Gasteiger partial charge in [-0.3, -0.25) is 4.79 Å². The van der Waals surface area contributed by atoms with Gasteiger partial charge in [-0.2, -0.15) is 0 Å². The molecule has 84 valence electrons. The zero-order valence-electron chi connectivity index (χ0n) is 8.77. The van der Waals surface area contributed by atoms with E-state index in [-0.39, 0.29) is 12.5 Å². The second kappa shape index (κ2) is 5.82. The molecule has 0 saturated heterocycles. The van der Waals surface area contributed by atoms with Crippen molar-refractivity contribution in [3.63, 3.8) is 0 Å². The summed E-state index contributed by atoms with van der Waals surface area (Å²) in [6.45, 7) is 1.95. The summed E-state index contributed by atoms with van der Waals surface area (Å²) in [7, 11) is 0. The van der Waals surface area contributed by atoms with Gasteiger partial charge in [0.15, 0.2) is 0 Å². The lowest BCUT2D eigenvalue weighted by molar-refractivity contribution is -0.137. The Bertz CT molecular complexity index is 323.